The van der Waals surface area contributed by atoms with Gasteiger partial charge in [0.2, 0.25) is 0 Å². The third-order valence-corrected chi connectivity index (χ3v) is 2.80. The van der Waals surface area contributed by atoms with E-state index in [9.17, 15) is 27.2 Å². The van der Waals surface area contributed by atoms with Gasteiger partial charge in [-0.1, -0.05) is 6.92 Å². The number of benzene rings is 1. The van der Waals surface area contributed by atoms with Crippen molar-refractivity contribution in [3.63, 3.8) is 0 Å². The van der Waals surface area contributed by atoms with Gasteiger partial charge in [-0.25, -0.2) is 27.2 Å². The molecule has 2 amide bonds. The molecule has 0 fully saturated rings. The van der Waals surface area contributed by atoms with Crippen molar-refractivity contribution in [2.75, 3.05) is 12.4 Å². The van der Waals surface area contributed by atoms with Crippen molar-refractivity contribution in [2.24, 2.45) is 0 Å². The molecule has 116 valence electrons. The molecule has 0 saturated heterocycles. The van der Waals surface area contributed by atoms with Gasteiger partial charge in [0.1, 0.15) is 11.7 Å². The Kier molecular flexibility index (Phi) is 5.12. The lowest BCUT2D eigenvalue weighted by molar-refractivity contribution is -0.141. The van der Waals surface area contributed by atoms with Crippen molar-refractivity contribution in [1.82, 2.24) is 4.90 Å². The van der Waals surface area contributed by atoms with Gasteiger partial charge in [-0.15, -0.1) is 0 Å². The quantitative estimate of drug-likeness (QED) is 0.663. The SMILES string of the molecule is CCC(C(=O)O)N(C)C(=O)Nc1c(F)c(F)cc(F)c1F. The van der Waals surface area contributed by atoms with Crippen LogP contribution in [-0.2, 0) is 4.79 Å². The summed E-state index contributed by atoms with van der Waals surface area (Å²) in [4.78, 5) is 23.3. The first-order valence-corrected chi connectivity index (χ1v) is 5.80. The zero-order chi connectivity index (χ0) is 16.3. The highest BCUT2D eigenvalue weighted by molar-refractivity contribution is 5.92. The molecule has 9 heteroatoms. The molecule has 1 atom stereocenters. The summed E-state index contributed by atoms with van der Waals surface area (Å²) in [7, 11) is 1.07. The molecule has 0 aliphatic rings. The molecule has 0 spiro atoms. The third kappa shape index (κ3) is 3.41. The van der Waals surface area contributed by atoms with Crippen LogP contribution >= 0.6 is 0 Å². The Hall–Kier alpha value is -2.32. The van der Waals surface area contributed by atoms with Crippen molar-refractivity contribution in [3.05, 3.63) is 29.3 Å². The summed E-state index contributed by atoms with van der Waals surface area (Å²) in [6.45, 7) is 1.48. The zero-order valence-corrected chi connectivity index (χ0v) is 11.1. The fourth-order valence-corrected chi connectivity index (χ4v) is 1.63. The summed E-state index contributed by atoms with van der Waals surface area (Å²) in [5.41, 5.74) is -1.32. The van der Waals surface area contributed by atoms with Crippen LogP contribution < -0.4 is 5.32 Å². The van der Waals surface area contributed by atoms with Gasteiger partial charge >= 0.3 is 12.0 Å². The molecule has 2 N–H and O–H groups in total. The van der Waals surface area contributed by atoms with Gasteiger partial charge in [-0.05, 0) is 6.42 Å². The first-order valence-electron chi connectivity index (χ1n) is 5.80. The van der Waals surface area contributed by atoms with Gasteiger partial charge in [0, 0.05) is 13.1 Å². The highest BCUT2D eigenvalue weighted by Crippen LogP contribution is 2.24. The number of amides is 2. The van der Waals surface area contributed by atoms with E-state index < -0.39 is 47.0 Å². The number of halogens is 4. The summed E-state index contributed by atoms with van der Waals surface area (Å²) in [5.74, 6) is -8.26. The molecule has 1 rings (SSSR count). The van der Waals surface area contributed by atoms with Crippen molar-refractivity contribution in [1.29, 1.82) is 0 Å². The van der Waals surface area contributed by atoms with Crippen LogP contribution in [0.15, 0.2) is 6.07 Å². The Morgan fingerprint density at radius 2 is 1.71 bits per heavy atom. The second-order valence-electron chi connectivity index (χ2n) is 4.15. The summed E-state index contributed by atoms with van der Waals surface area (Å²) in [6.07, 6.45) is 0.0295. The molecule has 0 saturated carbocycles. The second kappa shape index (κ2) is 6.42. The van der Waals surface area contributed by atoms with Crippen LogP contribution in [0.4, 0.5) is 28.0 Å². The lowest BCUT2D eigenvalue weighted by atomic mass is 10.2. The highest BCUT2D eigenvalue weighted by atomic mass is 19.2. The standard InChI is InChI=1S/C12H12F4N2O3/c1-3-7(11(19)20)18(2)12(21)17-10-8(15)5(13)4-6(14)9(10)16/h4,7H,3H2,1-2H3,(H,17,21)(H,19,20). The van der Waals surface area contributed by atoms with E-state index in [0.717, 1.165) is 7.05 Å². The maximum atomic E-state index is 13.4. The van der Waals surface area contributed by atoms with E-state index in [1.165, 1.54) is 6.92 Å². The van der Waals surface area contributed by atoms with Crippen molar-refractivity contribution in [3.8, 4) is 0 Å². The van der Waals surface area contributed by atoms with Crippen LogP contribution in [0.2, 0.25) is 0 Å². The lowest BCUT2D eigenvalue weighted by Gasteiger charge is -2.24. The molecule has 1 unspecified atom stereocenters. The van der Waals surface area contributed by atoms with Gasteiger partial charge in [-0.3, -0.25) is 0 Å². The molecule has 0 bridgehead atoms. The number of rotatable bonds is 4. The number of carbonyl (C=O) groups excluding carboxylic acids is 1. The second-order valence-corrected chi connectivity index (χ2v) is 4.15. The summed E-state index contributed by atoms with van der Waals surface area (Å²) in [6, 6.07) is -2.47. The van der Waals surface area contributed by atoms with Crippen LogP contribution in [0.5, 0.6) is 0 Å². The maximum Gasteiger partial charge on any atom is 0.326 e. The Balaban J connectivity index is 3.07. The number of likely N-dealkylation sites (N-methyl/N-ethyl adjacent to an activating group) is 1. The first kappa shape index (κ1) is 16.7. The number of carboxylic acid groups (broad SMARTS) is 1. The monoisotopic (exact) mass is 308 g/mol. The molecule has 0 aliphatic heterocycles. The summed E-state index contributed by atoms with van der Waals surface area (Å²) in [5, 5.41) is 10.5. The predicted octanol–water partition coefficient (Wildman–Crippen LogP) is 2.57. The molecule has 1 aromatic rings. The molecular weight excluding hydrogens is 296 g/mol. The predicted molar refractivity (Wildman–Crippen MR) is 64.8 cm³/mol. The van der Waals surface area contributed by atoms with E-state index in [-0.39, 0.29) is 12.5 Å². The van der Waals surface area contributed by atoms with Crippen LogP contribution in [0.3, 0.4) is 0 Å². The molecule has 0 aromatic heterocycles. The molecule has 5 nitrogen and oxygen atoms in total. The van der Waals surface area contributed by atoms with E-state index in [1.54, 1.807) is 5.32 Å². The fourth-order valence-electron chi connectivity index (χ4n) is 1.63. The van der Waals surface area contributed by atoms with E-state index in [4.69, 9.17) is 5.11 Å². The number of anilines is 1. The van der Waals surface area contributed by atoms with Crippen LogP contribution in [0.25, 0.3) is 0 Å². The third-order valence-electron chi connectivity index (χ3n) is 2.80. The van der Waals surface area contributed by atoms with E-state index >= 15 is 0 Å². The minimum Gasteiger partial charge on any atom is -0.480 e. The Morgan fingerprint density at radius 3 is 2.10 bits per heavy atom. The van der Waals surface area contributed by atoms with Gasteiger partial charge in [-0.2, -0.15) is 0 Å². The van der Waals surface area contributed by atoms with Crippen LogP contribution in [0.1, 0.15) is 13.3 Å². The Bertz CT molecular complexity index is 554. The molecule has 21 heavy (non-hydrogen) atoms. The Morgan fingerprint density at radius 1 is 1.24 bits per heavy atom. The summed E-state index contributed by atoms with van der Waals surface area (Å²) >= 11 is 0. The first-order chi connectivity index (χ1) is 9.70. The number of urea groups is 1. The van der Waals surface area contributed by atoms with Gasteiger partial charge in [0.05, 0.1) is 0 Å². The molecule has 1 aromatic carbocycles. The van der Waals surface area contributed by atoms with Crippen molar-refractivity contribution >= 4 is 17.7 Å². The van der Waals surface area contributed by atoms with Crippen LogP contribution in [0, 0.1) is 23.3 Å². The number of nitrogens with one attached hydrogen (secondary N) is 1. The molecular formula is C12H12F4N2O3. The van der Waals surface area contributed by atoms with E-state index in [1.807, 2.05) is 0 Å². The number of carboxylic acids is 1. The number of carbonyl (C=O) groups is 2. The molecule has 0 aliphatic carbocycles. The van der Waals surface area contributed by atoms with Gasteiger partial charge in [0.15, 0.2) is 23.3 Å². The minimum atomic E-state index is -1.78. The van der Waals surface area contributed by atoms with E-state index in [2.05, 4.69) is 0 Å². The number of aliphatic carboxylic acids is 1. The van der Waals surface area contributed by atoms with Gasteiger partial charge < -0.3 is 15.3 Å². The van der Waals surface area contributed by atoms with Crippen molar-refractivity contribution < 1.29 is 32.3 Å². The molecule has 0 heterocycles. The normalized spacial score (nSPS) is 11.9. The topological polar surface area (TPSA) is 69.6 Å². The lowest BCUT2D eigenvalue weighted by Crippen LogP contribution is -2.44. The number of nitrogens with zero attached hydrogens (tertiary/aromatic N) is 1. The Labute approximate surface area is 117 Å². The largest absolute Gasteiger partial charge is 0.480 e. The van der Waals surface area contributed by atoms with Crippen LogP contribution in [-0.4, -0.2) is 35.1 Å². The van der Waals surface area contributed by atoms with E-state index in [0.29, 0.717) is 4.90 Å². The summed E-state index contributed by atoms with van der Waals surface area (Å²) < 4.78 is 52.7. The number of hydrogen-bond donors (Lipinski definition) is 2. The fraction of sp³-hybridized carbons (Fsp3) is 0.333. The zero-order valence-electron chi connectivity index (χ0n) is 11.1. The minimum absolute atomic E-state index is 0.00384. The van der Waals surface area contributed by atoms with Gasteiger partial charge in [0.25, 0.3) is 0 Å². The average Bonchev–Trinajstić information content (AvgIpc) is 2.41. The van der Waals surface area contributed by atoms with Crippen molar-refractivity contribution in [2.45, 2.75) is 19.4 Å². The smallest absolute Gasteiger partial charge is 0.326 e. The highest BCUT2D eigenvalue weighted by Gasteiger charge is 2.27. The maximum absolute atomic E-state index is 13.4. The molecule has 0 radical (unpaired) electrons. The average molecular weight is 308 g/mol. The number of hydrogen-bond acceptors (Lipinski definition) is 2.